The van der Waals surface area contributed by atoms with Gasteiger partial charge in [0.15, 0.2) is 0 Å². The summed E-state index contributed by atoms with van der Waals surface area (Å²) < 4.78 is 5.02. The zero-order chi connectivity index (χ0) is 8.55. The molecule has 2 unspecified atom stereocenters. The average Bonchev–Trinajstić information content (AvgIpc) is 2.12. The highest BCUT2D eigenvalue weighted by molar-refractivity contribution is 5.89. The molecule has 0 spiro atoms. The van der Waals surface area contributed by atoms with Gasteiger partial charge in [0.2, 0.25) is 0 Å². The summed E-state index contributed by atoms with van der Waals surface area (Å²) >= 11 is 0. The quantitative estimate of drug-likeness (QED) is 0.406. The third-order valence-electron chi connectivity index (χ3n) is 3.05. The monoisotopic (exact) mass is 166 g/mol. The van der Waals surface area contributed by atoms with Gasteiger partial charge in [-0.3, -0.25) is 0 Å². The van der Waals surface area contributed by atoms with E-state index in [0.717, 1.165) is 6.42 Å². The molecule has 2 nitrogen and oxygen atoms in total. The number of hydrogen-bond donors (Lipinski definition) is 0. The van der Waals surface area contributed by atoms with Gasteiger partial charge in [-0.2, -0.15) is 0 Å². The van der Waals surface area contributed by atoms with Crippen LogP contribution in [0, 0.1) is 11.8 Å². The lowest BCUT2D eigenvalue weighted by Gasteiger charge is -2.35. The van der Waals surface area contributed by atoms with Gasteiger partial charge < -0.3 is 4.74 Å². The van der Waals surface area contributed by atoms with Gasteiger partial charge in [-0.25, -0.2) is 4.79 Å². The third-order valence-corrected chi connectivity index (χ3v) is 3.05. The summed E-state index contributed by atoms with van der Waals surface area (Å²) in [6.45, 7) is 4.43. The third kappa shape index (κ3) is 1.15. The van der Waals surface area contributed by atoms with Crippen molar-refractivity contribution in [2.75, 3.05) is 6.61 Å². The van der Waals surface area contributed by atoms with E-state index in [-0.39, 0.29) is 5.97 Å². The van der Waals surface area contributed by atoms with Crippen LogP contribution in [0.4, 0.5) is 0 Å². The van der Waals surface area contributed by atoms with E-state index < -0.39 is 0 Å². The van der Waals surface area contributed by atoms with Gasteiger partial charge in [0, 0.05) is 11.5 Å². The van der Waals surface area contributed by atoms with Crippen molar-refractivity contribution in [3.05, 3.63) is 12.2 Å². The number of ether oxygens (including phenoxy) is 1. The van der Waals surface area contributed by atoms with Crippen LogP contribution >= 0.6 is 0 Å². The molecular weight excluding hydrogens is 152 g/mol. The molecule has 0 aromatic carbocycles. The molecule has 66 valence electrons. The molecule has 0 aromatic heterocycles. The highest BCUT2D eigenvalue weighted by Crippen LogP contribution is 2.37. The molecular formula is C10H14O2. The van der Waals surface area contributed by atoms with Crippen LogP contribution < -0.4 is 0 Å². The molecule has 1 aliphatic carbocycles. The summed E-state index contributed by atoms with van der Waals surface area (Å²) in [4.78, 5) is 11.1. The van der Waals surface area contributed by atoms with E-state index in [1.54, 1.807) is 0 Å². The molecule has 1 aliphatic heterocycles. The molecule has 1 saturated heterocycles. The topological polar surface area (TPSA) is 26.3 Å². The Morgan fingerprint density at radius 2 is 2.08 bits per heavy atom. The molecule has 12 heavy (non-hydrogen) atoms. The van der Waals surface area contributed by atoms with Crippen LogP contribution in [0.5, 0.6) is 0 Å². The van der Waals surface area contributed by atoms with Gasteiger partial charge in [0.25, 0.3) is 0 Å². The number of cyclic esters (lactones) is 1. The minimum Gasteiger partial charge on any atom is -0.462 e. The summed E-state index contributed by atoms with van der Waals surface area (Å²) in [5.74, 6) is 0.835. The number of esters is 1. The van der Waals surface area contributed by atoms with Crippen LogP contribution in [-0.2, 0) is 9.53 Å². The second-order valence-corrected chi connectivity index (χ2v) is 3.77. The van der Waals surface area contributed by atoms with Crippen molar-refractivity contribution in [3.63, 3.8) is 0 Å². The van der Waals surface area contributed by atoms with Gasteiger partial charge in [-0.1, -0.05) is 19.4 Å². The average molecular weight is 166 g/mol. The van der Waals surface area contributed by atoms with Crippen LogP contribution in [0.15, 0.2) is 12.2 Å². The molecule has 1 heterocycles. The molecule has 2 atom stereocenters. The Kier molecular flexibility index (Phi) is 1.91. The normalized spacial score (nSPS) is 35.7. The molecule has 0 N–H and O–H groups in total. The minimum absolute atomic E-state index is 0.168. The maximum absolute atomic E-state index is 11.1. The summed E-state index contributed by atoms with van der Waals surface area (Å²) in [7, 11) is 0. The van der Waals surface area contributed by atoms with Crippen LogP contribution in [0.25, 0.3) is 0 Å². The Morgan fingerprint density at radius 1 is 1.33 bits per heavy atom. The van der Waals surface area contributed by atoms with Gasteiger partial charge in [0.05, 0.1) is 6.61 Å². The van der Waals surface area contributed by atoms with Gasteiger partial charge >= 0.3 is 5.97 Å². The summed E-state index contributed by atoms with van der Waals surface area (Å²) in [6.07, 6.45) is 4.87. The fourth-order valence-corrected chi connectivity index (χ4v) is 2.29. The molecule has 1 saturated carbocycles. The second-order valence-electron chi connectivity index (χ2n) is 3.77. The zero-order valence-electron chi connectivity index (χ0n) is 7.21. The van der Waals surface area contributed by atoms with Crippen molar-refractivity contribution in [2.45, 2.75) is 25.7 Å². The Hall–Kier alpha value is -0.790. The number of carbonyl (C=O) groups excluding carboxylic acids is 1. The number of hydrogen-bond acceptors (Lipinski definition) is 2. The van der Waals surface area contributed by atoms with E-state index in [2.05, 4.69) is 6.58 Å². The number of rotatable bonds is 0. The Labute approximate surface area is 72.6 Å². The van der Waals surface area contributed by atoms with E-state index in [4.69, 9.17) is 4.74 Å². The lowest BCUT2D eigenvalue weighted by Crippen LogP contribution is -2.34. The first-order chi connectivity index (χ1) is 5.79. The van der Waals surface area contributed by atoms with Crippen LogP contribution in [-0.4, -0.2) is 12.6 Å². The lowest BCUT2D eigenvalue weighted by molar-refractivity contribution is -0.146. The molecule has 0 aromatic rings. The molecule has 2 heteroatoms. The standard InChI is InChI=1S/C10H14O2/c1-7-9-5-3-2-4-8(9)6-12-10(7)11/h8-9H,1-6H2. The van der Waals surface area contributed by atoms with Crippen molar-refractivity contribution >= 4 is 5.97 Å². The van der Waals surface area contributed by atoms with E-state index in [9.17, 15) is 4.79 Å². The van der Waals surface area contributed by atoms with Crippen molar-refractivity contribution < 1.29 is 9.53 Å². The second kappa shape index (κ2) is 2.92. The maximum Gasteiger partial charge on any atom is 0.333 e. The number of carbonyl (C=O) groups is 1. The smallest absolute Gasteiger partial charge is 0.333 e. The number of fused-ring (bicyclic) bond motifs is 1. The minimum atomic E-state index is -0.168. The Morgan fingerprint density at radius 3 is 2.92 bits per heavy atom. The first-order valence-electron chi connectivity index (χ1n) is 4.65. The molecule has 0 bridgehead atoms. The van der Waals surface area contributed by atoms with Crippen molar-refractivity contribution in [2.24, 2.45) is 11.8 Å². The first kappa shape index (κ1) is 7.84. The molecule has 0 amide bonds. The van der Waals surface area contributed by atoms with Gasteiger partial charge in [0.1, 0.15) is 0 Å². The predicted octanol–water partition coefficient (Wildman–Crippen LogP) is 1.91. The highest BCUT2D eigenvalue weighted by Gasteiger charge is 2.35. The highest BCUT2D eigenvalue weighted by atomic mass is 16.5. The van der Waals surface area contributed by atoms with E-state index >= 15 is 0 Å². The van der Waals surface area contributed by atoms with Crippen molar-refractivity contribution in [1.29, 1.82) is 0 Å². The SMILES string of the molecule is C=C1C(=O)OCC2CCCCC12. The summed E-state index contributed by atoms with van der Waals surface area (Å²) in [5, 5.41) is 0. The Bertz CT molecular complexity index is 220. The van der Waals surface area contributed by atoms with E-state index in [1.807, 2.05) is 0 Å². The zero-order valence-corrected chi connectivity index (χ0v) is 7.21. The molecule has 2 rings (SSSR count). The van der Waals surface area contributed by atoms with Crippen LogP contribution in [0.2, 0.25) is 0 Å². The molecule has 0 radical (unpaired) electrons. The molecule has 2 fully saturated rings. The van der Waals surface area contributed by atoms with Crippen LogP contribution in [0.1, 0.15) is 25.7 Å². The van der Waals surface area contributed by atoms with E-state index in [0.29, 0.717) is 24.0 Å². The largest absolute Gasteiger partial charge is 0.462 e. The van der Waals surface area contributed by atoms with Crippen LogP contribution in [0.3, 0.4) is 0 Å². The maximum atomic E-state index is 11.1. The van der Waals surface area contributed by atoms with E-state index in [1.165, 1.54) is 19.3 Å². The lowest BCUT2D eigenvalue weighted by atomic mass is 9.75. The summed E-state index contributed by atoms with van der Waals surface area (Å²) in [5.41, 5.74) is 0.714. The predicted molar refractivity (Wildman–Crippen MR) is 45.5 cm³/mol. The Balaban J connectivity index is 2.13. The van der Waals surface area contributed by atoms with Gasteiger partial charge in [-0.15, -0.1) is 0 Å². The molecule has 2 aliphatic rings. The fourth-order valence-electron chi connectivity index (χ4n) is 2.29. The van der Waals surface area contributed by atoms with Gasteiger partial charge in [-0.05, 0) is 18.8 Å². The van der Waals surface area contributed by atoms with Crippen molar-refractivity contribution in [3.8, 4) is 0 Å². The first-order valence-corrected chi connectivity index (χ1v) is 4.65. The van der Waals surface area contributed by atoms with Crippen molar-refractivity contribution in [1.82, 2.24) is 0 Å². The summed E-state index contributed by atoms with van der Waals surface area (Å²) in [6, 6.07) is 0. The fraction of sp³-hybridized carbons (Fsp3) is 0.700.